The molecule has 0 N–H and O–H groups in total. The summed E-state index contributed by atoms with van der Waals surface area (Å²) in [4.78, 5) is 26.4. The predicted molar refractivity (Wildman–Crippen MR) is 90.0 cm³/mol. The Bertz CT molecular complexity index is 962. The molecule has 3 aromatic rings. The summed E-state index contributed by atoms with van der Waals surface area (Å²) in [5.41, 5.74) is 1.15. The van der Waals surface area contributed by atoms with Gasteiger partial charge in [0.25, 0.3) is 0 Å². The highest BCUT2D eigenvalue weighted by atomic mass is 16.4. The van der Waals surface area contributed by atoms with Crippen molar-refractivity contribution in [2.24, 2.45) is 7.05 Å². The van der Waals surface area contributed by atoms with Gasteiger partial charge in [0.1, 0.15) is 18.7 Å². The number of likely N-dealkylation sites (tertiary alicyclic amines) is 1. The van der Waals surface area contributed by atoms with Crippen LogP contribution in [0.15, 0.2) is 39.8 Å². The summed E-state index contributed by atoms with van der Waals surface area (Å²) >= 11 is 0. The van der Waals surface area contributed by atoms with E-state index in [1.807, 2.05) is 17.7 Å². The first-order chi connectivity index (χ1) is 12.1. The summed E-state index contributed by atoms with van der Waals surface area (Å²) in [5, 5.41) is 8.09. The number of aromatic nitrogens is 4. The van der Waals surface area contributed by atoms with Crippen molar-refractivity contribution in [1.82, 2.24) is 24.2 Å². The number of oxazole rings is 1. The highest BCUT2D eigenvalue weighted by Crippen LogP contribution is 2.26. The van der Waals surface area contributed by atoms with Crippen LogP contribution in [0.5, 0.6) is 0 Å². The summed E-state index contributed by atoms with van der Waals surface area (Å²) in [7, 11) is 1.93. The van der Waals surface area contributed by atoms with Crippen molar-refractivity contribution in [1.29, 1.82) is 0 Å². The zero-order valence-corrected chi connectivity index (χ0v) is 14.0. The van der Waals surface area contributed by atoms with Crippen LogP contribution in [0.2, 0.25) is 0 Å². The number of fused-ring (bicyclic) bond motifs is 1. The topological polar surface area (TPSA) is 86.2 Å². The van der Waals surface area contributed by atoms with E-state index in [0.29, 0.717) is 30.1 Å². The number of aryl methyl sites for hydroxylation is 1. The second-order valence-electron chi connectivity index (χ2n) is 6.38. The highest BCUT2D eigenvalue weighted by molar-refractivity contribution is 5.79. The minimum Gasteiger partial charge on any atom is -0.408 e. The number of para-hydroxylation sites is 2. The van der Waals surface area contributed by atoms with Crippen LogP contribution < -0.4 is 5.76 Å². The molecule has 8 nitrogen and oxygen atoms in total. The largest absolute Gasteiger partial charge is 0.420 e. The average Bonchev–Trinajstić information content (AvgIpc) is 3.19. The van der Waals surface area contributed by atoms with Gasteiger partial charge < -0.3 is 13.9 Å². The van der Waals surface area contributed by atoms with E-state index >= 15 is 0 Å². The molecular weight excluding hydrogens is 322 g/mol. The first-order valence-electron chi connectivity index (χ1n) is 8.33. The Kier molecular flexibility index (Phi) is 3.87. The predicted octanol–water partition coefficient (Wildman–Crippen LogP) is 1.13. The molecule has 3 heterocycles. The van der Waals surface area contributed by atoms with Crippen LogP contribution in [-0.4, -0.2) is 43.2 Å². The second kappa shape index (κ2) is 6.19. The van der Waals surface area contributed by atoms with Gasteiger partial charge in [-0.25, -0.2) is 4.79 Å². The molecule has 0 radical (unpaired) electrons. The molecule has 1 saturated heterocycles. The van der Waals surface area contributed by atoms with Gasteiger partial charge in [-0.05, 0) is 25.0 Å². The number of hydrogen-bond acceptors (Lipinski definition) is 5. The molecule has 1 aliphatic heterocycles. The van der Waals surface area contributed by atoms with Crippen LogP contribution in [0.25, 0.3) is 11.1 Å². The molecule has 0 spiro atoms. The molecule has 0 bridgehead atoms. The number of nitrogens with zero attached hydrogens (tertiary/aromatic N) is 5. The highest BCUT2D eigenvalue weighted by Gasteiger charge is 2.27. The fourth-order valence-electron chi connectivity index (χ4n) is 3.45. The van der Waals surface area contributed by atoms with Gasteiger partial charge in [-0.2, -0.15) is 0 Å². The third-order valence-corrected chi connectivity index (χ3v) is 4.83. The van der Waals surface area contributed by atoms with Gasteiger partial charge in [-0.3, -0.25) is 9.36 Å². The number of benzene rings is 1. The molecule has 4 rings (SSSR count). The molecule has 1 aromatic carbocycles. The van der Waals surface area contributed by atoms with Gasteiger partial charge in [0.15, 0.2) is 5.58 Å². The van der Waals surface area contributed by atoms with E-state index in [9.17, 15) is 9.59 Å². The molecule has 0 atom stereocenters. The van der Waals surface area contributed by atoms with Crippen molar-refractivity contribution in [2.45, 2.75) is 25.3 Å². The SMILES string of the molecule is Cn1cnnc1C1CCN(C(=O)Cn2c(=O)oc3ccccc32)CC1. The maximum Gasteiger partial charge on any atom is 0.420 e. The lowest BCUT2D eigenvalue weighted by Gasteiger charge is -2.31. The molecule has 1 amide bonds. The number of carbonyl (C=O) groups excluding carboxylic acids is 1. The summed E-state index contributed by atoms with van der Waals surface area (Å²) in [5.74, 6) is 0.715. The molecule has 2 aromatic heterocycles. The smallest absolute Gasteiger partial charge is 0.408 e. The van der Waals surface area contributed by atoms with Gasteiger partial charge in [0.2, 0.25) is 5.91 Å². The third-order valence-electron chi connectivity index (χ3n) is 4.83. The minimum absolute atomic E-state index is 0.00444. The fraction of sp³-hybridized carbons (Fsp3) is 0.412. The Balaban J connectivity index is 1.45. The van der Waals surface area contributed by atoms with Gasteiger partial charge in [-0.15, -0.1) is 10.2 Å². The van der Waals surface area contributed by atoms with E-state index in [1.165, 1.54) is 4.57 Å². The lowest BCUT2D eigenvalue weighted by molar-refractivity contribution is -0.132. The van der Waals surface area contributed by atoms with E-state index in [0.717, 1.165) is 18.7 Å². The van der Waals surface area contributed by atoms with Crippen molar-refractivity contribution in [3.8, 4) is 0 Å². The van der Waals surface area contributed by atoms with Crippen molar-refractivity contribution >= 4 is 17.0 Å². The molecular formula is C17H19N5O3. The zero-order chi connectivity index (χ0) is 17.4. The lowest BCUT2D eigenvalue weighted by Crippen LogP contribution is -2.41. The molecule has 8 heteroatoms. The van der Waals surface area contributed by atoms with Crippen LogP contribution in [0.4, 0.5) is 0 Å². The van der Waals surface area contributed by atoms with Crippen LogP contribution >= 0.6 is 0 Å². The summed E-state index contributed by atoms with van der Waals surface area (Å²) in [6.07, 6.45) is 3.39. The Morgan fingerprint density at radius 3 is 2.76 bits per heavy atom. The first kappa shape index (κ1) is 15.6. The van der Waals surface area contributed by atoms with Crippen LogP contribution in [0, 0.1) is 0 Å². The Morgan fingerprint density at radius 2 is 2.04 bits per heavy atom. The van der Waals surface area contributed by atoms with E-state index in [2.05, 4.69) is 10.2 Å². The molecule has 25 heavy (non-hydrogen) atoms. The Labute approximate surface area is 143 Å². The summed E-state index contributed by atoms with van der Waals surface area (Å²) in [6.45, 7) is 1.31. The molecule has 1 fully saturated rings. The van der Waals surface area contributed by atoms with E-state index in [4.69, 9.17) is 4.42 Å². The van der Waals surface area contributed by atoms with Crippen LogP contribution in [-0.2, 0) is 18.4 Å². The van der Waals surface area contributed by atoms with E-state index in [-0.39, 0.29) is 12.5 Å². The zero-order valence-electron chi connectivity index (χ0n) is 14.0. The Morgan fingerprint density at radius 1 is 1.28 bits per heavy atom. The van der Waals surface area contributed by atoms with Gasteiger partial charge in [-0.1, -0.05) is 12.1 Å². The fourth-order valence-corrected chi connectivity index (χ4v) is 3.45. The monoisotopic (exact) mass is 341 g/mol. The van der Waals surface area contributed by atoms with Crippen LogP contribution in [0.1, 0.15) is 24.6 Å². The van der Waals surface area contributed by atoms with Crippen LogP contribution in [0.3, 0.4) is 0 Å². The minimum atomic E-state index is -0.497. The lowest BCUT2D eigenvalue weighted by atomic mass is 9.96. The summed E-state index contributed by atoms with van der Waals surface area (Å²) in [6, 6.07) is 7.14. The van der Waals surface area contributed by atoms with Crippen molar-refractivity contribution in [3.05, 3.63) is 47.0 Å². The molecule has 1 aliphatic rings. The maximum atomic E-state index is 12.6. The standard InChI is InChI=1S/C17H19N5O3/c1-20-11-18-19-16(20)12-6-8-21(9-7-12)15(23)10-22-13-4-2-3-5-14(13)25-17(22)24/h2-5,11-12H,6-10H2,1H3. The number of piperidine rings is 1. The normalized spacial score (nSPS) is 15.8. The number of amides is 1. The third kappa shape index (κ3) is 2.84. The molecule has 0 aliphatic carbocycles. The van der Waals surface area contributed by atoms with Gasteiger partial charge >= 0.3 is 5.76 Å². The quantitative estimate of drug-likeness (QED) is 0.713. The second-order valence-corrected chi connectivity index (χ2v) is 6.38. The van der Waals surface area contributed by atoms with Crippen molar-refractivity contribution in [3.63, 3.8) is 0 Å². The van der Waals surface area contributed by atoms with Gasteiger partial charge in [0, 0.05) is 26.1 Å². The molecule has 0 unspecified atom stereocenters. The van der Waals surface area contributed by atoms with Crippen molar-refractivity contribution < 1.29 is 9.21 Å². The molecule has 0 saturated carbocycles. The molecule has 130 valence electrons. The Hall–Kier alpha value is -2.90. The van der Waals surface area contributed by atoms with E-state index in [1.54, 1.807) is 29.4 Å². The van der Waals surface area contributed by atoms with Crippen molar-refractivity contribution in [2.75, 3.05) is 13.1 Å². The maximum absolute atomic E-state index is 12.6. The summed E-state index contributed by atoms with van der Waals surface area (Å²) < 4.78 is 8.51. The first-order valence-corrected chi connectivity index (χ1v) is 8.33. The number of hydrogen-bond donors (Lipinski definition) is 0. The number of carbonyl (C=O) groups is 1. The van der Waals surface area contributed by atoms with E-state index < -0.39 is 5.76 Å². The average molecular weight is 341 g/mol. The number of rotatable bonds is 3. The van der Waals surface area contributed by atoms with Gasteiger partial charge in [0.05, 0.1) is 5.52 Å².